The normalized spacial score (nSPS) is 12.0. The van der Waals surface area contributed by atoms with Crippen molar-refractivity contribution >= 4 is 5.78 Å². The van der Waals surface area contributed by atoms with Crippen LogP contribution in [0.5, 0.6) is 0 Å². The van der Waals surface area contributed by atoms with Gasteiger partial charge in [-0.15, -0.1) is 0 Å². The minimum atomic E-state index is 0.200. The molecule has 0 saturated carbocycles. The molecule has 0 aromatic rings. The maximum absolute atomic E-state index is 10.6. The molecule has 0 amide bonds. The Hall–Kier alpha value is -1.11. The largest absolute Gasteiger partial charge is 0.300 e. The highest BCUT2D eigenvalue weighted by molar-refractivity contribution is 5.78. The number of carbonyl (C=O) groups is 1. The Kier molecular flexibility index (Phi) is 5.09. The van der Waals surface area contributed by atoms with Gasteiger partial charge >= 0.3 is 0 Å². The molecule has 0 spiro atoms. The molecule has 0 bridgehead atoms. The smallest absolute Gasteiger partial charge is 0.133 e. The molecule has 0 aliphatic rings. The van der Waals surface area contributed by atoms with E-state index in [-0.39, 0.29) is 5.78 Å². The Labute approximate surface area is 68.1 Å². The molecular formula is C10H14O. The van der Waals surface area contributed by atoms with Crippen molar-refractivity contribution in [3.8, 4) is 0 Å². The monoisotopic (exact) mass is 150 g/mol. The molecular weight excluding hydrogens is 136 g/mol. The van der Waals surface area contributed by atoms with Crippen LogP contribution in [-0.2, 0) is 4.79 Å². The summed E-state index contributed by atoms with van der Waals surface area (Å²) in [6.45, 7) is 7.07. The Morgan fingerprint density at radius 3 is 2.45 bits per heavy atom. The second-order valence-corrected chi connectivity index (χ2v) is 2.51. The summed E-state index contributed by atoms with van der Waals surface area (Å²) in [6.07, 6.45) is 7.89. The number of carbonyl (C=O) groups excluding carboxylic acids is 1. The molecule has 0 unspecified atom stereocenters. The van der Waals surface area contributed by atoms with Gasteiger partial charge in [-0.05, 0) is 13.8 Å². The number of hydrogen-bond acceptors (Lipinski definition) is 1. The van der Waals surface area contributed by atoms with Crippen LogP contribution < -0.4 is 0 Å². The average Bonchev–Trinajstić information content (AvgIpc) is 1.86. The van der Waals surface area contributed by atoms with Crippen LogP contribution in [0.2, 0.25) is 0 Å². The first-order valence-corrected chi connectivity index (χ1v) is 3.61. The summed E-state index contributed by atoms with van der Waals surface area (Å²) in [5, 5.41) is 0. The van der Waals surface area contributed by atoms with Gasteiger partial charge in [0.25, 0.3) is 0 Å². The van der Waals surface area contributed by atoms with E-state index in [9.17, 15) is 4.79 Å². The highest BCUT2D eigenvalue weighted by atomic mass is 16.1. The third kappa shape index (κ3) is 6.78. The van der Waals surface area contributed by atoms with Crippen molar-refractivity contribution in [3.05, 3.63) is 36.5 Å². The number of ketones is 1. The van der Waals surface area contributed by atoms with Gasteiger partial charge in [-0.2, -0.15) is 0 Å². The molecule has 0 saturated heterocycles. The van der Waals surface area contributed by atoms with Crippen LogP contribution in [0.15, 0.2) is 36.5 Å². The lowest BCUT2D eigenvalue weighted by Gasteiger charge is -1.92. The van der Waals surface area contributed by atoms with Crippen LogP contribution in [0.25, 0.3) is 0 Å². The fourth-order valence-electron chi connectivity index (χ4n) is 0.750. The summed E-state index contributed by atoms with van der Waals surface area (Å²) in [5.41, 5.74) is 1.08. The lowest BCUT2D eigenvalue weighted by atomic mass is 10.1. The number of Topliss-reactive ketones (excluding diaryl/α,β-unsaturated/α-hetero) is 1. The van der Waals surface area contributed by atoms with Gasteiger partial charge in [0, 0.05) is 6.42 Å². The van der Waals surface area contributed by atoms with E-state index in [4.69, 9.17) is 0 Å². The summed E-state index contributed by atoms with van der Waals surface area (Å²) in [6, 6.07) is 0. The zero-order chi connectivity index (χ0) is 8.69. The lowest BCUT2D eigenvalue weighted by Crippen LogP contribution is -1.89. The third-order valence-corrected chi connectivity index (χ3v) is 1.16. The third-order valence-electron chi connectivity index (χ3n) is 1.16. The second kappa shape index (κ2) is 5.66. The molecule has 0 atom stereocenters. The minimum absolute atomic E-state index is 0.200. The van der Waals surface area contributed by atoms with Crippen LogP contribution in [0.1, 0.15) is 20.3 Å². The van der Waals surface area contributed by atoms with Gasteiger partial charge in [-0.1, -0.05) is 36.5 Å². The Morgan fingerprint density at radius 1 is 1.36 bits per heavy atom. The molecule has 0 aromatic carbocycles. The van der Waals surface area contributed by atoms with Gasteiger partial charge in [0.05, 0.1) is 0 Å². The molecule has 60 valence electrons. The Morgan fingerprint density at radius 2 is 2.00 bits per heavy atom. The van der Waals surface area contributed by atoms with Crippen molar-refractivity contribution in [1.82, 2.24) is 0 Å². The van der Waals surface area contributed by atoms with Crippen molar-refractivity contribution in [3.63, 3.8) is 0 Å². The standard InChI is InChI=1S/C10H14O/c1-4-5-6-7-9(2)8-10(3)11/h4-7H,1,8H2,2-3H3/b6-5-,9-7-. The second-order valence-electron chi connectivity index (χ2n) is 2.51. The summed E-state index contributed by atoms with van der Waals surface area (Å²) in [5.74, 6) is 0.200. The summed E-state index contributed by atoms with van der Waals surface area (Å²) >= 11 is 0. The van der Waals surface area contributed by atoms with E-state index >= 15 is 0 Å². The van der Waals surface area contributed by atoms with Crippen LogP contribution in [0, 0.1) is 0 Å². The quantitative estimate of drug-likeness (QED) is 0.563. The first-order chi connectivity index (χ1) is 5.16. The average molecular weight is 150 g/mol. The minimum Gasteiger partial charge on any atom is -0.300 e. The maximum Gasteiger partial charge on any atom is 0.133 e. The molecule has 0 aliphatic heterocycles. The first-order valence-electron chi connectivity index (χ1n) is 3.61. The van der Waals surface area contributed by atoms with E-state index in [1.165, 1.54) is 0 Å². The summed E-state index contributed by atoms with van der Waals surface area (Å²) < 4.78 is 0. The Bertz CT molecular complexity index is 197. The SMILES string of the molecule is C=C/C=C\C=C(\C)CC(C)=O. The molecule has 1 nitrogen and oxygen atoms in total. The summed E-state index contributed by atoms with van der Waals surface area (Å²) in [4.78, 5) is 10.6. The van der Waals surface area contributed by atoms with Gasteiger partial charge in [0.1, 0.15) is 5.78 Å². The summed E-state index contributed by atoms with van der Waals surface area (Å²) in [7, 11) is 0. The lowest BCUT2D eigenvalue weighted by molar-refractivity contribution is -0.116. The number of hydrogen-bond donors (Lipinski definition) is 0. The Balaban J connectivity index is 3.90. The zero-order valence-electron chi connectivity index (χ0n) is 7.13. The fourth-order valence-corrected chi connectivity index (χ4v) is 0.750. The van der Waals surface area contributed by atoms with E-state index in [0.29, 0.717) is 6.42 Å². The maximum atomic E-state index is 10.6. The van der Waals surface area contributed by atoms with Gasteiger partial charge in [-0.3, -0.25) is 4.79 Å². The molecule has 11 heavy (non-hydrogen) atoms. The van der Waals surface area contributed by atoms with E-state index in [2.05, 4.69) is 6.58 Å². The molecule has 0 N–H and O–H groups in total. The van der Waals surface area contributed by atoms with Gasteiger partial charge in [-0.25, -0.2) is 0 Å². The predicted molar refractivity (Wildman–Crippen MR) is 48.4 cm³/mol. The van der Waals surface area contributed by atoms with Crippen LogP contribution in [0.4, 0.5) is 0 Å². The predicted octanol–water partition coefficient (Wildman–Crippen LogP) is 2.65. The van der Waals surface area contributed by atoms with Crippen molar-refractivity contribution < 1.29 is 4.79 Å². The van der Waals surface area contributed by atoms with E-state index in [0.717, 1.165) is 5.57 Å². The zero-order valence-corrected chi connectivity index (χ0v) is 7.13. The van der Waals surface area contributed by atoms with E-state index in [1.807, 2.05) is 25.2 Å². The van der Waals surface area contributed by atoms with Crippen LogP contribution in [-0.4, -0.2) is 5.78 Å². The van der Waals surface area contributed by atoms with Crippen LogP contribution in [0.3, 0.4) is 0 Å². The highest BCUT2D eigenvalue weighted by Gasteiger charge is 1.92. The molecule has 0 aliphatic carbocycles. The van der Waals surface area contributed by atoms with E-state index in [1.54, 1.807) is 13.0 Å². The fraction of sp³-hybridized carbons (Fsp3) is 0.300. The van der Waals surface area contributed by atoms with Crippen molar-refractivity contribution in [2.45, 2.75) is 20.3 Å². The topological polar surface area (TPSA) is 17.1 Å². The number of allylic oxidation sites excluding steroid dienone is 5. The van der Waals surface area contributed by atoms with Gasteiger partial charge in [0.15, 0.2) is 0 Å². The number of rotatable bonds is 4. The van der Waals surface area contributed by atoms with Gasteiger partial charge < -0.3 is 0 Å². The molecule has 1 heteroatoms. The van der Waals surface area contributed by atoms with Crippen molar-refractivity contribution in [2.24, 2.45) is 0 Å². The van der Waals surface area contributed by atoms with Crippen LogP contribution >= 0.6 is 0 Å². The molecule has 0 heterocycles. The molecule has 0 aromatic heterocycles. The first kappa shape index (κ1) is 9.89. The molecule has 0 fully saturated rings. The van der Waals surface area contributed by atoms with Crippen molar-refractivity contribution in [1.29, 1.82) is 0 Å². The van der Waals surface area contributed by atoms with Gasteiger partial charge in [0.2, 0.25) is 0 Å². The highest BCUT2D eigenvalue weighted by Crippen LogP contribution is 1.99. The van der Waals surface area contributed by atoms with E-state index < -0.39 is 0 Å². The molecule has 0 radical (unpaired) electrons. The molecule has 0 rings (SSSR count). The van der Waals surface area contributed by atoms with Crippen molar-refractivity contribution in [2.75, 3.05) is 0 Å².